The van der Waals surface area contributed by atoms with Gasteiger partial charge in [-0.05, 0) is 17.7 Å². The van der Waals surface area contributed by atoms with Crippen molar-refractivity contribution in [1.29, 1.82) is 0 Å². The Kier molecular flexibility index (Phi) is 5.28. The van der Waals surface area contributed by atoms with Crippen molar-refractivity contribution < 1.29 is 32.7 Å². The zero-order valence-corrected chi connectivity index (χ0v) is 10.5. The van der Waals surface area contributed by atoms with Gasteiger partial charge in [-0.25, -0.2) is 4.79 Å². The van der Waals surface area contributed by atoms with E-state index in [1.807, 2.05) is 0 Å². The minimum atomic E-state index is -5.03. The van der Waals surface area contributed by atoms with E-state index in [1.165, 1.54) is 29.6 Å². The third-order valence-corrected chi connectivity index (χ3v) is 2.36. The van der Waals surface area contributed by atoms with Gasteiger partial charge in [0.1, 0.15) is 0 Å². The first kappa shape index (κ1) is 16.5. The van der Waals surface area contributed by atoms with Gasteiger partial charge in [0.25, 0.3) is 0 Å². The first-order valence-corrected chi connectivity index (χ1v) is 5.64. The number of halogens is 3. The molecule has 0 unspecified atom stereocenters. The van der Waals surface area contributed by atoms with Crippen LogP contribution in [0.4, 0.5) is 13.2 Å². The maximum absolute atomic E-state index is 11.9. The summed E-state index contributed by atoms with van der Waals surface area (Å²) in [4.78, 5) is 32.3. The van der Waals surface area contributed by atoms with E-state index < -0.39 is 30.5 Å². The lowest BCUT2D eigenvalue weighted by Gasteiger charge is -2.08. The normalized spacial score (nSPS) is 10.8. The molecule has 0 saturated carbocycles. The summed E-state index contributed by atoms with van der Waals surface area (Å²) in [7, 11) is 0. The number of hydrogen-bond acceptors (Lipinski definition) is 3. The standard InChI is InChI=1S/C12H11F3N2O4/c13-12(14,15)11(21)17-6-9(18)16-5-7-1-3-8(4-2-7)10(19)20/h1-4H,5-6H2,(H,16,18)(H,17,21)(H,19,20). The molecular weight excluding hydrogens is 293 g/mol. The van der Waals surface area contributed by atoms with Crippen LogP contribution >= 0.6 is 0 Å². The zero-order chi connectivity index (χ0) is 16.0. The fourth-order valence-corrected chi connectivity index (χ4v) is 1.29. The van der Waals surface area contributed by atoms with Gasteiger partial charge in [-0.1, -0.05) is 12.1 Å². The van der Waals surface area contributed by atoms with E-state index in [-0.39, 0.29) is 12.1 Å². The van der Waals surface area contributed by atoms with E-state index in [1.54, 1.807) is 0 Å². The number of alkyl halides is 3. The summed E-state index contributed by atoms with van der Waals surface area (Å²) in [5.74, 6) is -4.08. The van der Waals surface area contributed by atoms with Gasteiger partial charge < -0.3 is 15.7 Å². The van der Waals surface area contributed by atoms with Crippen molar-refractivity contribution in [2.75, 3.05) is 6.54 Å². The fraction of sp³-hybridized carbons (Fsp3) is 0.250. The lowest BCUT2D eigenvalue weighted by atomic mass is 10.1. The number of hydrogen-bond donors (Lipinski definition) is 3. The second-order valence-corrected chi connectivity index (χ2v) is 3.96. The Balaban J connectivity index is 2.39. The van der Waals surface area contributed by atoms with Gasteiger partial charge >= 0.3 is 18.1 Å². The highest BCUT2D eigenvalue weighted by Gasteiger charge is 2.38. The van der Waals surface area contributed by atoms with Crippen LogP contribution in [-0.4, -0.2) is 35.6 Å². The molecule has 1 aromatic carbocycles. The largest absolute Gasteiger partial charge is 0.478 e. The maximum Gasteiger partial charge on any atom is 0.471 e. The minimum absolute atomic E-state index is 0.000616. The Labute approximate surface area is 116 Å². The van der Waals surface area contributed by atoms with Crippen molar-refractivity contribution in [2.45, 2.75) is 12.7 Å². The Morgan fingerprint density at radius 2 is 1.62 bits per heavy atom. The highest BCUT2D eigenvalue weighted by Crippen LogP contribution is 2.13. The van der Waals surface area contributed by atoms with Crippen LogP contribution in [0.5, 0.6) is 0 Å². The Bertz CT molecular complexity index is 540. The summed E-state index contributed by atoms with van der Waals surface area (Å²) >= 11 is 0. The third kappa shape index (κ3) is 5.51. The molecule has 9 heteroatoms. The lowest BCUT2D eigenvalue weighted by molar-refractivity contribution is -0.173. The Hall–Kier alpha value is -2.58. The number of carboxylic acids is 1. The fourth-order valence-electron chi connectivity index (χ4n) is 1.29. The summed E-state index contributed by atoms with van der Waals surface area (Å²) < 4.78 is 35.6. The first-order valence-electron chi connectivity index (χ1n) is 5.64. The number of carboxylic acid groups (broad SMARTS) is 1. The van der Waals surface area contributed by atoms with E-state index in [4.69, 9.17) is 5.11 Å². The predicted octanol–water partition coefficient (Wildman–Crippen LogP) is 0.679. The first-order chi connectivity index (χ1) is 9.70. The van der Waals surface area contributed by atoms with E-state index in [2.05, 4.69) is 5.32 Å². The predicted molar refractivity (Wildman–Crippen MR) is 64.3 cm³/mol. The monoisotopic (exact) mass is 304 g/mol. The number of carbonyl (C=O) groups excluding carboxylic acids is 2. The van der Waals surface area contributed by atoms with Crippen LogP contribution in [0.3, 0.4) is 0 Å². The molecule has 3 N–H and O–H groups in total. The molecule has 0 spiro atoms. The quantitative estimate of drug-likeness (QED) is 0.745. The molecule has 0 aliphatic rings. The summed E-state index contributed by atoms with van der Waals surface area (Å²) in [6, 6.07) is 5.57. The van der Waals surface area contributed by atoms with Crippen molar-refractivity contribution in [3.05, 3.63) is 35.4 Å². The molecule has 0 saturated heterocycles. The van der Waals surface area contributed by atoms with Gasteiger partial charge in [-0.3, -0.25) is 9.59 Å². The molecule has 0 atom stereocenters. The van der Waals surface area contributed by atoms with E-state index in [9.17, 15) is 27.6 Å². The van der Waals surface area contributed by atoms with Gasteiger partial charge in [0.15, 0.2) is 0 Å². The number of nitrogens with one attached hydrogen (secondary N) is 2. The summed E-state index contributed by atoms with van der Waals surface area (Å²) in [6.45, 7) is -0.799. The summed E-state index contributed by atoms with van der Waals surface area (Å²) in [6.07, 6.45) is -5.03. The van der Waals surface area contributed by atoms with Gasteiger partial charge in [0, 0.05) is 6.54 Å². The molecule has 0 fully saturated rings. The van der Waals surface area contributed by atoms with Gasteiger partial charge in [0.2, 0.25) is 5.91 Å². The van der Waals surface area contributed by atoms with Crippen LogP contribution in [0.15, 0.2) is 24.3 Å². The average Bonchev–Trinajstić information content (AvgIpc) is 2.41. The molecule has 1 aromatic rings. The van der Waals surface area contributed by atoms with E-state index in [0.717, 1.165) is 0 Å². The average molecular weight is 304 g/mol. The highest BCUT2D eigenvalue weighted by molar-refractivity contribution is 5.88. The molecule has 0 aliphatic carbocycles. The minimum Gasteiger partial charge on any atom is -0.478 e. The zero-order valence-electron chi connectivity index (χ0n) is 10.5. The second-order valence-electron chi connectivity index (χ2n) is 3.96. The molecule has 0 bridgehead atoms. The van der Waals surface area contributed by atoms with Crippen LogP contribution < -0.4 is 10.6 Å². The van der Waals surface area contributed by atoms with Crippen molar-refractivity contribution in [3.8, 4) is 0 Å². The van der Waals surface area contributed by atoms with Gasteiger partial charge in [0.05, 0.1) is 12.1 Å². The van der Waals surface area contributed by atoms with Crippen LogP contribution in [0.25, 0.3) is 0 Å². The van der Waals surface area contributed by atoms with Crippen molar-refractivity contribution in [2.24, 2.45) is 0 Å². The van der Waals surface area contributed by atoms with Crippen LogP contribution in [0.1, 0.15) is 15.9 Å². The van der Waals surface area contributed by atoms with Crippen molar-refractivity contribution in [1.82, 2.24) is 10.6 Å². The number of aromatic carboxylic acids is 1. The van der Waals surface area contributed by atoms with Crippen LogP contribution in [0, 0.1) is 0 Å². The van der Waals surface area contributed by atoms with Crippen LogP contribution in [-0.2, 0) is 16.1 Å². The SMILES string of the molecule is O=C(CNC(=O)C(F)(F)F)NCc1ccc(C(=O)O)cc1. The number of rotatable bonds is 5. The van der Waals surface area contributed by atoms with Gasteiger partial charge in [-0.15, -0.1) is 0 Å². The van der Waals surface area contributed by atoms with Gasteiger partial charge in [-0.2, -0.15) is 13.2 Å². The summed E-state index contributed by atoms with van der Waals surface area (Å²) in [5.41, 5.74) is 0.637. The number of carbonyl (C=O) groups is 3. The topological polar surface area (TPSA) is 95.5 Å². The van der Waals surface area contributed by atoms with E-state index in [0.29, 0.717) is 5.56 Å². The molecule has 0 aliphatic heterocycles. The number of benzene rings is 1. The maximum atomic E-state index is 11.9. The van der Waals surface area contributed by atoms with E-state index >= 15 is 0 Å². The molecule has 6 nitrogen and oxygen atoms in total. The molecule has 2 amide bonds. The number of amides is 2. The third-order valence-electron chi connectivity index (χ3n) is 2.36. The molecule has 0 radical (unpaired) electrons. The molecule has 114 valence electrons. The van der Waals surface area contributed by atoms with Crippen LogP contribution in [0.2, 0.25) is 0 Å². The Morgan fingerprint density at radius 1 is 1.05 bits per heavy atom. The molecular formula is C12H11F3N2O4. The summed E-state index contributed by atoms with van der Waals surface area (Å²) in [5, 5.41) is 12.4. The van der Waals surface area contributed by atoms with Crippen molar-refractivity contribution in [3.63, 3.8) is 0 Å². The molecule has 0 aromatic heterocycles. The Morgan fingerprint density at radius 3 is 2.10 bits per heavy atom. The molecule has 0 heterocycles. The molecule has 1 rings (SSSR count). The lowest BCUT2D eigenvalue weighted by Crippen LogP contribution is -2.42. The molecule has 21 heavy (non-hydrogen) atoms. The smallest absolute Gasteiger partial charge is 0.471 e. The van der Waals surface area contributed by atoms with Crippen molar-refractivity contribution >= 4 is 17.8 Å². The second kappa shape index (κ2) is 6.73. The highest BCUT2D eigenvalue weighted by atomic mass is 19.4.